The van der Waals surface area contributed by atoms with Gasteiger partial charge in [0.2, 0.25) is 5.95 Å². The summed E-state index contributed by atoms with van der Waals surface area (Å²) in [5.74, 6) is 0.424. The molecular formula is C26H36N6O3. The van der Waals surface area contributed by atoms with Gasteiger partial charge in [0.15, 0.2) is 0 Å². The highest BCUT2D eigenvalue weighted by atomic mass is 16.6. The van der Waals surface area contributed by atoms with E-state index in [1.54, 1.807) is 12.4 Å². The molecule has 2 aliphatic rings. The van der Waals surface area contributed by atoms with E-state index in [-0.39, 0.29) is 18.0 Å². The molecule has 0 radical (unpaired) electrons. The minimum absolute atomic E-state index is 0.0239. The zero-order valence-corrected chi connectivity index (χ0v) is 20.9. The van der Waals surface area contributed by atoms with Crippen LogP contribution in [0.3, 0.4) is 0 Å². The Labute approximate surface area is 207 Å². The standard InChI is InChI=1S/C26H36N6O3/c1-26(2,3)35-25(34)30-22-11-14-32(18-22)24-27-15-20(16-28-24)23(33)29-21-9-12-31(13-10-21)17-19-7-5-4-6-8-19/h4-8,15-16,21-22H,9-14,17-18H2,1-3H3,(H,29,33)(H,30,34)/t22-/m1/s1. The van der Waals surface area contributed by atoms with Crippen LogP contribution in [-0.2, 0) is 11.3 Å². The van der Waals surface area contributed by atoms with Crippen LogP contribution in [0.15, 0.2) is 42.7 Å². The minimum atomic E-state index is -0.527. The molecule has 2 saturated heterocycles. The third-order valence-corrected chi connectivity index (χ3v) is 6.26. The quantitative estimate of drug-likeness (QED) is 0.656. The van der Waals surface area contributed by atoms with Crippen molar-refractivity contribution in [1.29, 1.82) is 0 Å². The van der Waals surface area contributed by atoms with Crippen LogP contribution in [0.4, 0.5) is 10.7 Å². The second kappa shape index (κ2) is 11.0. The van der Waals surface area contributed by atoms with Crippen molar-refractivity contribution in [1.82, 2.24) is 25.5 Å². The van der Waals surface area contributed by atoms with Crippen LogP contribution in [0.2, 0.25) is 0 Å². The Hall–Kier alpha value is -3.20. The zero-order chi connectivity index (χ0) is 24.8. The maximum absolute atomic E-state index is 12.7. The lowest BCUT2D eigenvalue weighted by atomic mass is 10.0. The number of rotatable bonds is 6. The number of ether oxygens (including phenoxy) is 1. The maximum Gasteiger partial charge on any atom is 0.407 e. The molecule has 0 saturated carbocycles. The Morgan fingerprint density at radius 2 is 1.63 bits per heavy atom. The fraction of sp³-hybridized carbons (Fsp3) is 0.538. The number of anilines is 1. The van der Waals surface area contributed by atoms with Gasteiger partial charge in [0.1, 0.15) is 5.60 Å². The lowest BCUT2D eigenvalue weighted by Crippen LogP contribution is -2.44. The van der Waals surface area contributed by atoms with Crippen LogP contribution in [-0.4, -0.2) is 70.7 Å². The van der Waals surface area contributed by atoms with Gasteiger partial charge >= 0.3 is 6.09 Å². The van der Waals surface area contributed by atoms with Crippen molar-refractivity contribution < 1.29 is 14.3 Å². The van der Waals surface area contributed by atoms with E-state index in [4.69, 9.17) is 4.74 Å². The molecule has 9 nitrogen and oxygen atoms in total. The largest absolute Gasteiger partial charge is 0.444 e. The molecule has 3 heterocycles. The number of nitrogens with one attached hydrogen (secondary N) is 2. The van der Waals surface area contributed by atoms with E-state index in [0.29, 0.717) is 18.1 Å². The summed E-state index contributed by atoms with van der Waals surface area (Å²) in [6.45, 7) is 9.73. The number of piperidine rings is 1. The molecule has 2 N–H and O–H groups in total. The molecule has 2 aliphatic heterocycles. The van der Waals surface area contributed by atoms with Gasteiger partial charge in [-0.2, -0.15) is 0 Å². The minimum Gasteiger partial charge on any atom is -0.444 e. The highest BCUT2D eigenvalue weighted by Crippen LogP contribution is 2.18. The highest BCUT2D eigenvalue weighted by Gasteiger charge is 2.28. The molecule has 2 amide bonds. The first kappa shape index (κ1) is 24.9. The Morgan fingerprint density at radius 1 is 0.971 bits per heavy atom. The molecule has 9 heteroatoms. The van der Waals surface area contributed by atoms with Crippen LogP contribution >= 0.6 is 0 Å². The van der Waals surface area contributed by atoms with Crippen LogP contribution < -0.4 is 15.5 Å². The van der Waals surface area contributed by atoms with Gasteiger partial charge in [0.25, 0.3) is 5.91 Å². The van der Waals surface area contributed by atoms with Gasteiger partial charge in [-0.3, -0.25) is 9.69 Å². The zero-order valence-electron chi connectivity index (χ0n) is 20.9. The first-order valence-corrected chi connectivity index (χ1v) is 12.4. The van der Waals surface area contributed by atoms with Crippen molar-refractivity contribution in [3.05, 3.63) is 53.9 Å². The lowest BCUT2D eigenvalue weighted by molar-refractivity contribution is 0.0508. The van der Waals surface area contributed by atoms with E-state index < -0.39 is 11.7 Å². The molecule has 0 bridgehead atoms. The van der Waals surface area contributed by atoms with Crippen molar-refractivity contribution in [3.8, 4) is 0 Å². The second-order valence-electron chi connectivity index (χ2n) is 10.4. The maximum atomic E-state index is 12.7. The van der Waals surface area contributed by atoms with Crippen LogP contribution in [0.5, 0.6) is 0 Å². The van der Waals surface area contributed by atoms with E-state index in [1.807, 2.05) is 31.7 Å². The molecule has 188 valence electrons. The predicted molar refractivity (Wildman–Crippen MR) is 134 cm³/mol. The van der Waals surface area contributed by atoms with Crippen molar-refractivity contribution >= 4 is 17.9 Å². The molecule has 1 atom stereocenters. The number of carbonyl (C=O) groups is 2. The van der Waals surface area contributed by atoms with Gasteiger partial charge in [-0.25, -0.2) is 14.8 Å². The molecule has 2 fully saturated rings. The Morgan fingerprint density at radius 3 is 2.29 bits per heavy atom. The average molecular weight is 481 g/mol. The summed E-state index contributed by atoms with van der Waals surface area (Å²) in [6.07, 6.45) is 5.39. The molecule has 35 heavy (non-hydrogen) atoms. The van der Waals surface area contributed by atoms with Gasteiger partial charge in [-0.1, -0.05) is 30.3 Å². The molecule has 2 aromatic rings. The number of hydrogen-bond donors (Lipinski definition) is 2. The SMILES string of the molecule is CC(C)(C)OC(=O)N[C@@H]1CCN(c2ncc(C(=O)NC3CCN(Cc4ccccc4)CC3)cn2)C1. The van der Waals surface area contributed by atoms with Crippen LogP contribution in [0, 0.1) is 0 Å². The monoisotopic (exact) mass is 480 g/mol. The summed E-state index contributed by atoms with van der Waals surface area (Å²) < 4.78 is 5.33. The van der Waals surface area contributed by atoms with Gasteiger partial charge in [-0.05, 0) is 45.6 Å². The second-order valence-corrected chi connectivity index (χ2v) is 10.4. The Bertz CT molecular complexity index is 984. The number of benzene rings is 1. The van der Waals surface area contributed by atoms with Crippen molar-refractivity contribution in [3.63, 3.8) is 0 Å². The normalized spacial score (nSPS) is 19.4. The van der Waals surface area contributed by atoms with Gasteiger partial charge in [-0.15, -0.1) is 0 Å². The van der Waals surface area contributed by atoms with Crippen LogP contribution in [0.25, 0.3) is 0 Å². The number of carbonyl (C=O) groups excluding carboxylic acids is 2. The molecule has 0 unspecified atom stereocenters. The number of amides is 2. The summed E-state index contributed by atoms with van der Waals surface area (Å²) in [7, 11) is 0. The van der Waals surface area contributed by atoms with Crippen LogP contribution in [0.1, 0.15) is 56.0 Å². The summed E-state index contributed by atoms with van der Waals surface area (Å²) in [5, 5.41) is 6.04. The summed E-state index contributed by atoms with van der Waals surface area (Å²) in [6, 6.07) is 10.6. The first-order valence-electron chi connectivity index (χ1n) is 12.4. The topological polar surface area (TPSA) is 99.7 Å². The van der Waals surface area contributed by atoms with Crippen molar-refractivity contribution in [2.45, 2.75) is 64.3 Å². The molecule has 0 spiro atoms. The number of alkyl carbamates (subject to hydrolysis) is 1. The fourth-order valence-electron chi connectivity index (χ4n) is 4.48. The molecule has 1 aromatic carbocycles. The molecule has 0 aliphatic carbocycles. The molecular weight excluding hydrogens is 444 g/mol. The number of nitrogens with zero attached hydrogens (tertiary/aromatic N) is 4. The van der Waals surface area contributed by atoms with E-state index in [9.17, 15) is 9.59 Å². The van der Waals surface area contributed by atoms with Gasteiger partial charge in [0.05, 0.1) is 11.6 Å². The number of aromatic nitrogens is 2. The van der Waals surface area contributed by atoms with E-state index in [1.165, 1.54) is 5.56 Å². The summed E-state index contributed by atoms with van der Waals surface area (Å²) in [4.78, 5) is 38.0. The van der Waals surface area contributed by atoms with Crippen molar-refractivity contribution in [2.24, 2.45) is 0 Å². The van der Waals surface area contributed by atoms with E-state index in [2.05, 4.69) is 49.8 Å². The van der Waals surface area contributed by atoms with E-state index in [0.717, 1.165) is 45.4 Å². The Balaban J connectivity index is 1.21. The predicted octanol–water partition coefficient (Wildman–Crippen LogP) is 2.97. The summed E-state index contributed by atoms with van der Waals surface area (Å²) in [5.41, 5.74) is 1.25. The Kier molecular flexibility index (Phi) is 7.85. The van der Waals surface area contributed by atoms with Gasteiger partial charge in [0, 0.05) is 51.2 Å². The molecule has 4 rings (SSSR count). The van der Waals surface area contributed by atoms with Gasteiger partial charge < -0.3 is 20.3 Å². The van der Waals surface area contributed by atoms with Crippen molar-refractivity contribution in [2.75, 3.05) is 31.1 Å². The summed E-state index contributed by atoms with van der Waals surface area (Å²) >= 11 is 0. The smallest absolute Gasteiger partial charge is 0.407 e. The first-order chi connectivity index (χ1) is 16.7. The lowest BCUT2D eigenvalue weighted by Gasteiger charge is -2.32. The average Bonchev–Trinajstić information content (AvgIpc) is 3.28. The third kappa shape index (κ3) is 7.39. The third-order valence-electron chi connectivity index (χ3n) is 6.26. The fourth-order valence-corrected chi connectivity index (χ4v) is 4.48. The molecule has 1 aromatic heterocycles. The number of hydrogen-bond acceptors (Lipinski definition) is 7. The van der Waals surface area contributed by atoms with E-state index >= 15 is 0 Å². The number of likely N-dealkylation sites (tertiary alicyclic amines) is 1. The highest BCUT2D eigenvalue weighted by molar-refractivity contribution is 5.93.